The van der Waals surface area contributed by atoms with Gasteiger partial charge in [-0.2, -0.15) is 4.98 Å². The zero-order valence-corrected chi connectivity index (χ0v) is 15.3. The van der Waals surface area contributed by atoms with E-state index in [4.69, 9.17) is 11.6 Å². The van der Waals surface area contributed by atoms with Crippen molar-refractivity contribution in [2.75, 3.05) is 30.0 Å². The standard InChI is InChI=1S/C15H19ClN4O3S/c1-9(2)20-12-4-13(16)17-5-11(12)14(18-15(20)21)19-6-10(7-19)8-24(3,22)23/h4-5,9-10H,6-8H2,1-3H3. The van der Waals surface area contributed by atoms with E-state index in [0.29, 0.717) is 29.6 Å². The van der Waals surface area contributed by atoms with Crippen LogP contribution in [0.1, 0.15) is 19.9 Å². The monoisotopic (exact) mass is 370 g/mol. The van der Waals surface area contributed by atoms with E-state index in [-0.39, 0.29) is 23.4 Å². The molecule has 0 aliphatic carbocycles. The SMILES string of the molecule is CC(C)n1c(=O)nc(N2CC(CS(C)(=O)=O)C2)c2cnc(Cl)cc21. The van der Waals surface area contributed by atoms with Crippen LogP contribution in [-0.4, -0.2) is 48.1 Å². The second-order valence-electron chi connectivity index (χ2n) is 6.57. The van der Waals surface area contributed by atoms with Crippen LogP contribution >= 0.6 is 11.6 Å². The number of rotatable bonds is 4. The van der Waals surface area contributed by atoms with E-state index in [2.05, 4.69) is 9.97 Å². The van der Waals surface area contributed by atoms with Gasteiger partial charge in [-0.15, -0.1) is 0 Å². The Balaban J connectivity index is 2.02. The van der Waals surface area contributed by atoms with E-state index in [1.54, 1.807) is 16.8 Å². The van der Waals surface area contributed by atoms with Crippen LogP contribution in [-0.2, 0) is 9.84 Å². The summed E-state index contributed by atoms with van der Waals surface area (Å²) in [6.07, 6.45) is 2.85. The first kappa shape index (κ1) is 17.2. The lowest BCUT2D eigenvalue weighted by atomic mass is 10.0. The molecule has 1 saturated heterocycles. The summed E-state index contributed by atoms with van der Waals surface area (Å²) in [5.74, 6) is 0.750. The van der Waals surface area contributed by atoms with Crippen LogP contribution in [0.25, 0.3) is 10.9 Å². The molecule has 1 aliphatic heterocycles. The Hall–Kier alpha value is -1.67. The zero-order chi connectivity index (χ0) is 17.6. The van der Waals surface area contributed by atoms with E-state index in [9.17, 15) is 13.2 Å². The van der Waals surface area contributed by atoms with E-state index >= 15 is 0 Å². The highest BCUT2D eigenvalue weighted by Gasteiger charge is 2.32. The number of halogens is 1. The van der Waals surface area contributed by atoms with Crippen LogP contribution in [0.4, 0.5) is 5.82 Å². The van der Waals surface area contributed by atoms with Crippen LogP contribution in [0.3, 0.4) is 0 Å². The Morgan fingerprint density at radius 2 is 2.04 bits per heavy atom. The van der Waals surface area contributed by atoms with Crippen LogP contribution in [0.15, 0.2) is 17.1 Å². The fraction of sp³-hybridized carbons (Fsp3) is 0.533. The molecule has 2 aromatic rings. The molecule has 0 amide bonds. The first-order valence-electron chi connectivity index (χ1n) is 7.66. The summed E-state index contributed by atoms with van der Waals surface area (Å²) in [6.45, 7) is 4.93. The van der Waals surface area contributed by atoms with Gasteiger partial charge in [0.25, 0.3) is 0 Å². The van der Waals surface area contributed by atoms with Crippen molar-refractivity contribution >= 4 is 38.2 Å². The van der Waals surface area contributed by atoms with Crippen molar-refractivity contribution in [1.29, 1.82) is 0 Å². The fourth-order valence-electron chi connectivity index (χ4n) is 3.12. The molecular formula is C15H19ClN4O3S. The maximum atomic E-state index is 12.4. The minimum absolute atomic E-state index is 0.0599. The number of aromatic nitrogens is 3. The van der Waals surface area contributed by atoms with E-state index < -0.39 is 9.84 Å². The number of pyridine rings is 1. The number of hydrogen-bond donors (Lipinski definition) is 0. The van der Waals surface area contributed by atoms with Crippen LogP contribution in [0, 0.1) is 5.92 Å². The summed E-state index contributed by atoms with van der Waals surface area (Å²) >= 11 is 6.00. The predicted molar refractivity (Wildman–Crippen MR) is 94.6 cm³/mol. The number of hydrogen-bond acceptors (Lipinski definition) is 6. The predicted octanol–water partition coefficient (Wildman–Crippen LogP) is 1.51. The normalized spacial score (nSPS) is 16.0. The number of anilines is 1. The average molecular weight is 371 g/mol. The van der Waals surface area contributed by atoms with Crippen LogP contribution < -0.4 is 10.6 Å². The van der Waals surface area contributed by atoms with Crippen molar-refractivity contribution < 1.29 is 8.42 Å². The Labute approximate surface area is 145 Å². The third-order valence-corrected chi connectivity index (χ3v) is 5.35. The minimum atomic E-state index is -3.01. The van der Waals surface area contributed by atoms with Gasteiger partial charge in [0.2, 0.25) is 0 Å². The summed E-state index contributed by atoms with van der Waals surface area (Å²) in [4.78, 5) is 22.7. The average Bonchev–Trinajstić information content (AvgIpc) is 2.39. The number of nitrogens with zero attached hydrogens (tertiary/aromatic N) is 4. The third kappa shape index (κ3) is 3.25. The van der Waals surface area contributed by atoms with Gasteiger partial charge < -0.3 is 4.90 Å². The highest BCUT2D eigenvalue weighted by molar-refractivity contribution is 7.90. The van der Waals surface area contributed by atoms with Crippen molar-refractivity contribution in [3.05, 3.63) is 27.9 Å². The molecular weight excluding hydrogens is 352 g/mol. The topological polar surface area (TPSA) is 85.2 Å². The third-order valence-electron chi connectivity index (χ3n) is 4.07. The maximum absolute atomic E-state index is 12.4. The number of sulfone groups is 1. The lowest BCUT2D eigenvalue weighted by Gasteiger charge is -2.40. The molecule has 0 atom stereocenters. The summed E-state index contributed by atoms with van der Waals surface area (Å²) < 4.78 is 24.4. The fourth-order valence-corrected chi connectivity index (χ4v) is 4.34. The highest BCUT2D eigenvalue weighted by Crippen LogP contribution is 2.30. The second-order valence-corrected chi connectivity index (χ2v) is 9.14. The molecule has 0 aromatic carbocycles. The van der Waals surface area contributed by atoms with Gasteiger partial charge in [0.1, 0.15) is 20.8 Å². The summed E-state index contributed by atoms with van der Waals surface area (Å²) in [5.41, 5.74) is 0.341. The second kappa shape index (κ2) is 6.00. The largest absolute Gasteiger partial charge is 0.355 e. The van der Waals surface area contributed by atoms with Gasteiger partial charge >= 0.3 is 5.69 Å². The molecule has 0 saturated carbocycles. The van der Waals surface area contributed by atoms with Crippen LogP contribution in [0.2, 0.25) is 5.15 Å². The molecule has 9 heteroatoms. The molecule has 3 rings (SSSR count). The molecule has 2 aromatic heterocycles. The van der Waals surface area contributed by atoms with Crippen molar-refractivity contribution in [3.8, 4) is 0 Å². The molecule has 0 bridgehead atoms. The molecule has 130 valence electrons. The van der Waals surface area contributed by atoms with Gasteiger partial charge in [-0.05, 0) is 13.8 Å². The van der Waals surface area contributed by atoms with E-state index in [1.165, 1.54) is 6.26 Å². The Bertz CT molecular complexity index is 949. The van der Waals surface area contributed by atoms with Gasteiger partial charge in [0.05, 0.1) is 16.7 Å². The minimum Gasteiger partial charge on any atom is -0.355 e. The van der Waals surface area contributed by atoms with Gasteiger partial charge in [0.15, 0.2) is 0 Å². The first-order chi connectivity index (χ1) is 11.2. The Kier molecular flexibility index (Phi) is 4.29. The van der Waals surface area contributed by atoms with Crippen molar-refractivity contribution in [1.82, 2.24) is 14.5 Å². The van der Waals surface area contributed by atoms with Gasteiger partial charge in [-0.25, -0.2) is 18.2 Å². The first-order valence-corrected chi connectivity index (χ1v) is 10.1. The molecule has 7 nitrogen and oxygen atoms in total. The quantitative estimate of drug-likeness (QED) is 0.758. The molecule has 1 fully saturated rings. The molecule has 0 unspecified atom stereocenters. The van der Waals surface area contributed by atoms with Gasteiger partial charge in [-0.3, -0.25) is 4.57 Å². The van der Waals surface area contributed by atoms with E-state index in [1.807, 2.05) is 18.7 Å². The lowest BCUT2D eigenvalue weighted by Crippen LogP contribution is -2.50. The van der Waals surface area contributed by atoms with Crippen LogP contribution in [0.5, 0.6) is 0 Å². The molecule has 0 radical (unpaired) electrons. The summed E-state index contributed by atoms with van der Waals surface area (Å²) in [5, 5.41) is 1.05. The molecule has 24 heavy (non-hydrogen) atoms. The highest BCUT2D eigenvalue weighted by atomic mass is 35.5. The van der Waals surface area contributed by atoms with Gasteiger partial charge in [-0.1, -0.05) is 11.6 Å². The van der Waals surface area contributed by atoms with E-state index in [0.717, 1.165) is 5.39 Å². The Morgan fingerprint density at radius 3 is 2.62 bits per heavy atom. The zero-order valence-electron chi connectivity index (χ0n) is 13.7. The smallest absolute Gasteiger partial charge is 0.350 e. The summed E-state index contributed by atoms with van der Waals surface area (Å²) in [7, 11) is -3.01. The number of fused-ring (bicyclic) bond motifs is 1. The van der Waals surface area contributed by atoms with Crippen molar-refractivity contribution in [3.63, 3.8) is 0 Å². The van der Waals surface area contributed by atoms with Crippen molar-refractivity contribution in [2.24, 2.45) is 5.92 Å². The summed E-state index contributed by atoms with van der Waals surface area (Å²) in [6, 6.07) is 1.60. The van der Waals surface area contributed by atoms with Gasteiger partial charge in [0, 0.05) is 43.6 Å². The lowest BCUT2D eigenvalue weighted by molar-refractivity contribution is 0.440. The Morgan fingerprint density at radius 1 is 1.38 bits per heavy atom. The van der Waals surface area contributed by atoms with Crippen molar-refractivity contribution in [2.45, 2.75) is 19.9 Å². The molecule has 3 heterocycles. The molecule has 1 aliphatic rings. The molecule has 0 N–H and O–H groups in total. The molecule has 0 spiro atoms. The maximum Gasteiger partial charge on any atom is 0.350 e.